The number of pyridine rings is 1. The van der Waals surface area contributed by atoms with Crippen LogP contribution in [0.15, 0.2) is 61.3 Å². The smallest absolute Gasteiger partial charge is 0.251 e. The molecule has 28 heavy (non-hydrogen) atoms. The second-order valence-corrected chi connectivity index (χ2v) is 6.74. The molecule has 0 atom stereocenters. The van der Waals surface area contributed by atoms with Crippen LogP contribution in [0, 0.1) is 0 Å². The van der Waals surface area contributed by atoms with E-state index in [0.29, 0.717) is 30.9 Å². The number of carbonyl (C=O) groups is 2. The summed E-state index contributed by atoms with van der Waals surface area (Å²) in [6, 6.07) is 11.3. The first-order valence-electron chi connectivity index (χ1n) is 9.28. The molecule has 1 fully saturated rings. The lowest BCUT2D eigenvalue weighted by Gasteiger charge is -2.18. The zero-order valence-corrected chi connectivity index (χ0v) is 15.4. The van der Waals surface area contributed by atoms with Crippen LogP contribution < -0.4 is 5.32 Å². The number of nitrogens with one attached hydrogen (secondary N) is 1. The standard InChI is InChI=1S/C21H21N5O2/c27-20-6-3-10-25(20)14-18-5-2-1-4-17(18)13-24-21(28)16-7-8-23-19(12-16)26-11-9-22-15-26/h1-2,4-5,7-9,11-12,15H,3,6,10,13-14H2,(H,24,28). The Bertz CT molecular complexity index is 984. The summed E-state index contributed by atoms with van der Waals surface area (Å²) in [6.07, 6.45) is 8.23. The van der Waals surface area contributed by atoms with Gasteiger partial charge in [0.2, 0.25) is 5.91 Å². The summed E-state index contributed by atoms with van der Waals surface area (Å²) >= 11 is 0. The zero-order chi connectivity index (χ0) is 19.3. The number of imidazole rings is 1. The highest BCUT2D eigenvalue weighted by molar-refractivity contribution is 5.94. The van der Waals surface area contributed by atoms with Crippen LogP contribution in [-0.2, 0) is 17.9 Å². The van der Waals surface area contributed by atoms with Gasteiger partial charge in [-0.15, -0.1) is 0 Å². The van der Waals surface area contributed by atoms with Crippen molar-refractivity contribution in [1.82, 2.24) is 24.8 Å². The average Bonchev–Trinajstić information content (AvgIpc) is 3.40. The molecule has 1 aliphatic heterocycles. The van der Waals surface area contributed by atoms with Gasteiger partial charge in [-0.3, -0.25) is 14.2 Å². The SMILES string of the molecule is O=C(NCc1ccccc1CN1CCCC1=O)c1ccnc(-n2ccnc2)c1. The first kappa shape index (κ1) is 17.9. The number of hydrogen-bond donors (Lipinski definition) is 1. The third-order valence-corrected chi connectivity index (χ3v) is 4.87. The van der Waals surface area contributed by atoms with Crippen molar-refractivity contribution in [1.29, 1.82) is 0 Å². The molecule has 3 heterocycles. The normalized spacial score (nSPS) is 13.7. The Labute approximate surface area is 163 Å². The van der Waals surface area contributed by atoms with E-state index >= 15 is 0 Å². The van der Waals surface area contributed by atoms with Crippen LogP contribution in [0.25, 0.3) is 5.82 Å². The monoisotopic (exact) mass is 375 g/mol. The third kappa shape index (κ3) is 3.93. The Morgan fingerprint density at radius 3 is 2.75 bits per heavy atom. The summed E-state index contributed by atoms with van der Waals surface area (Å²) < 4.78 is 1.75. The molecular formula is C21H21N5O2. The topological polar surface area (TPSA) is 80.1 Å². The van der Waals surface area contributed by atoms with Crippen molar-refractivity contribution in [3.63, 3.8) is 0 Å². The van der Waals surface area contributed by atoms with Gasteiger partial charge in [-0.05, 0) is 29.7 Å². The fourth-order valence-electron chi connectivity index (χ4n) is 3.33. The highest BCUT2D eigenvalue weighted by Gasteiger charge is 2.21. The molecule has 0 unspecified atom stereocenters. The number of carbonyl (C=O) groups excluding carboxylic acids is 2. The molecule has 2 amide bonds. The molecule has 7 nitrogen and oxygen atoms in total. The maximum Gasteiger partial charge on any atom is 0.251 e. The summed E-state index contributed by atoms with van der Waals surface area (Å²) in [6.45, 7) is 1.79. The third-order valence-electron chi connectivity index (χ3n) is 4.87. The van der Waals surface area contributed by atoms with Crippen molar-refractivity contribution in [3.05, 3.63) is 78.0 Å². The number of benzene rings is 1. The molecule has 142 valence electrons. The van der Waals surface area contributed by atoms with Crippen LogP contribution in [0.3, 0.4) is 0 Å². The number of hydrogen-bond acceptors (Lipinski definition) is 4. The Balaban J connectivity index is 1.44. The van der Waals surface area contributed by atoms with E-state index in [4.69, 9.17) is 0 Å². The van der Waals surface area contributed by atoms with Gasteiger partial charge in [-0.25, -0.2) is 9.97 Å². The van der Waals surface area contributed by atoms with Crippen LogP contribution in [0.1, 0.15) is 34.3 Å². The van der Waals surface area contributed by atoms with Gasteiger partial charge in [0.05, 0.1) is 0 Å². The molecule has 1 N–H and O–H groups in total. The molecule has 0 radical (unpaired) electrons. The van der Waals surface area contributed by atoms with E-state index in [2.05, 4.69) is 15.3 Å². The van der Waals surface area contributed by atoms with E-state index < -0.39 is 0 Å². The van der Waals surface area contributed by atoms with Gasteiger partial charge in [-0.2, -0.15) is 0 Å². The first-order chi connectivity index (χ1) is 13.7. The van der Waals surface area contributed by atoms with Gasteiger partial charge < -0.3 is 10.2 Å². The van der Waals surface area contributed by atoms with Gasteiger partial charge >= 0.3 is 0 Å². The Hall–Kier alpha value is -3.48. The van der Waals surface area contributed by atoms with Crippen molar-refractivity contribution in [3.8, 4) is 5.82 Å². The van der Waals surface area contributed by atoms with E-state index in [0.717, 1.165) is 24.1 Å². The average molecular weight is 375 g/mol. The molecule has 2 aromatic heterocycles. The van der Waals surface area contributed by atoms with Crippen LogP contribution in [0.2, 0.25) is 0 Å². The molecule has 0 spiro atoms. The summed E-state index contributed by atoms with van der Waals surface area (Å²) in [5, 5.41) is 2.97. The molecule has 0 bridgehead atoms. The number of likely N-dealkylation sites (tertiary alicyclic amines) is 1. The van der Waals surface area contributed by atoms with E-state index in [1.807, 2.05) is 29.2 Å². The molecule has 3 aromatic rings. The summed E-state index contributed by atoms with van der Waals surface area (Å²) in [5.74, 6) is 0.663. The van der Waals surface area contributed by atoms with Gasteiger partial charge in [0.1, 0.15) is 12.1 Å². The van der Waals surface area contributed by atoms with Crippen molar-refractivity contribution in [2.45, 2.75) is 25.9 Å². The van der Waals surface area contributed by atoms with Crippen LogP contribution in [-0.4, -0.2) is 37.8 Å². The lowest BCUT2D eigenvalue weighted by molar-refractivity contribution is -0.128. The van der Waals surface area contributed by atoms with Crippen LogP contribution in [0.4, 0.5) is 0 Å². The molecule has 0 saturated carbocycles. The van der Waals surface area contributed by atoms with Crippen molar-refractivity contribution >= 4 is 11.8 Å². The maximum absolute atomic E-state index is 12.6. The quantitative estimate of drug-likeness (QED) is 0.717. The van der Waals surface area contributed by atoms with E-state index in [1.165, 1.54) is 0 Å². The zero-order valence-electron chi connectivity index (χ0n) is 15.4. The van der Waals surface area contributed by atoms with Crippen molar-refractivity contribution in [2.24, 2.45) is 0 Å². The second-order valence-electron chi connectivity index (χ2n) is 6.74. The highest BCUT2D eigenvalue weighted by Crippen LogP contribution is 2.17. The van der Waals surface area contributed by atoms with Gasteiger partial charge in [0.25, 0.3) is 5.91 Å². The minimum Gasteiger partial charge on any atom is -0.348 e. The second kappa shape index (κ2) is 8.04. The molecule has 1 aliphatic rings. The number of amides is 2. The molecule has 7 heteroatoms. The Kier molecular flexibility index (Phi) is 5.14. The highest BCUT2D eigenvalue weighted by atomic mass is 16.2. The fourth-order valence-corrected chi connectivity index (χ4v) is 3.33. The van der Waals surface area contributed by atoms with Crippen LogP contribution >= 0.6 is 0 Å². The summed E-state index contributed by atoms with van der Waals surface area (Å²) in [4.78, 5) is 34.7. The Morgan fingerprint density at radius 2 is 2.00 bits per heavy atom. The lowest BCUT2D eigenvalue weighted by atomic mass is 10.1. The van der Waals surface area contributed by atoms with Crippen LogP contribution in [0.5, 0.6) is 0 Å². The fraction of sp³-hybridized carbons (Fsp3) is 0.238. The van der Waals surface area contributed by atoms with Gasteiger partial charge in [0.15, 0.2) is 0 Å². The predicted molar refractivity (Wildman–Crippen MR) is 104 cm³/mol. The number of rotatable bonds is 6. The molecule has 1 saturated heterocycles. The first-order valence-corrected chi connectivity index (χ1v) is 9.28. The number of nitrogens with zero attached hydrogens (tertiary/aromatic N) is 4. The van der Waals surface area contributed by atoms with E-state index in [1.54, 1.807) is 41.6 Å². The lowest BCUT2D eigenvalue weighted by Crippen LogP contribution is -2.27. The predicted octanol–water partition coefficient (Wildman–Crippen LogP) is 2.32. The largest absolute Gasteiger partial charge is 0.348 e. The molecule has 1 aromatic carbocycles. The number of aromatic nitrogens is 3. The minimum absolute atomic E-state index is 0.171. The summed E-state index contributed by atoms with van der Waals surface area (Å²) in [7, 11) is 0. The van der Waals surface area contributed by atoms with Crippen molar-refractivity contribution < 1.29 is 9.59 Å². The van der Waals surface area contributed by atoms with E-state index in [9.17, 15) is 9.59 Å². The maximum atomic E-state index is 12.6. The van der Waals surface area contributed by atoms with Gasteiger partial charge in [0, 0.05) is 50.2 Å². The molecular weight excluding hydrogens is 354 g/mol. The summed E-state index contributed by atoms with van der Waals surface area (Å²) in [5.41, 5.74) is 2.61. The minimum atomic E-state index is -0.171. The Morgan fingerprint density at radius 1 is 1.14 bits per heavy atom. The van der Waals surface area contributed by atoms with E-state index in [-0.39, 0.29) is 11.8 Å². The molecule has 4 rings (SSSR count). The van der Waals surface area contributed by atoms with Gasteiger partial charge in [-0.1, -0.05) is 24.3 Å². The molecule has 0 aliphatic carbocycles. The van der Waals surface area contributed by atoms with Crippen molar-refractivity contribution in [2.75, 3.05) is 6.54 Å².